The molecule has 128 valence electrons. The third-order valence-electron chi connectivity index (χ3n) is 5.10. The molecule has 0 aromatic heterocycles. The van der Waals surface area contributed by atoms with E-state index >= 15 is 0 Å². The fourth-order valence-corrected chi connectivity index (χ4v) is 3.49. The van der Waals surface area contributed by atoms with Gasteiger partial charge < -0.3 is 11.1 Å². The van der Waals surface area contributed by atoms with Crippen LogP contribution >= 0.6 is 0 Å². The number of para-hydroxylation sites is 1. The number of rotatable bonds is 4. The van der Waals surface area contributed by atoms with Gasteiger partial charge in [-0.2, -0.15) is 0 Å². The van der Waals surface area contributed by atoms with E-state index in [1.807, 2.05) is 51.1 Å². The van der Waals surface area contributed by atoms with Crippen molar-refractivity contribution in [1.82, 2.24) is 0 Å². The lowest BCUT2D eigenvalue weighted by Gasteiger charge is -2.42. The molecule has 0 heterocycles. The van der Waals surface area contributed by atoms with E-state index in [-0.39, 0.29) is 5.91 Å². The zero-order valence-corrected chi connectivity index (χ0v) is 15.5. The Balaban J connectivity index is 2.41. The quantitative estimate of drug-likeness (QED) is 0.883. The molecule has 1 atom stereocenters. The fourth-order valence-electron chi connectivity index (χ4n) is 3.49. The van der Waals surface area contributed by atoms with Gasteiger partial charge in [0, 0.05) is 11.1 Å². The van der Waals surface area contributed by atoms with Crippen LogP contribution in [-0.2, 0) is 10.2 Å². The van der Waals surface area contributed by atoms with E-state index in [2.05, 4.69) is 38.2 Å². The Kier molecular flexibility index (Phi) is 4.86. The second-order valence-corrected chi connectivity index (χ2v) is 7.42. The van der Waals surface area contributed by atoms with Crippen LogP contribution in [0.25, 0.3) is 0 Å². The van der Waals surface area contributed by atoms with E-state index < -0.39 is 11.0 Å². The molecule has 2 rings (SSSR count). The van der Waals surface area contributed by atoms with E-state index in [1.165, 1.54) is 16.7 Å². The maximum Gasteiger partial charge on any atom is 0.245 e. The molecule has 0 bridgehead atoms. The number of amides is 1. The van der Waals surface area contributed by atoms with Crippen LogP contribution < -0.4 is 11.1 Å². The Bertz CT molecular complexity index is 723. The van der Waals surface area contributed by atoms with Gasteiger partial charge in [-0.05, 0) is 56.5 Å². The number of nitrogens with one attached hydrogen (secondary N) is 1. The minimum atomic E-state index is -1.06. The third-order valence-corrected chi connectivity index (χ3v) is 5.10. The molecule has 0 saturated heterocycles. The van der Waals surface area contributed by atoms with Crippen LogP contribution in [0, 0.1) is 20.8 Å². The number of carbonyl (C=O) groups is 1. The van der Waals surface area contributed by atoms with Crippen molar-refractivity contribution < 1.29 is 4.79 Å². The van der Waals surface area contributed by atoms with E-state index in [4.69, 9.17) is 5.73 Å². The molecule has 0 aliphatic heterocycles. The Morgan fingerprint density at radius 2 is 1.46 bits per heavy atom. The number of carbonyl (C=O) groups excluding carboxylic acids is 1. The Labute approximate surface area is 145 Å². The van der Waals surface area contributed by atoms with Gasteiger partial charge in [-0.15, -0.1) is 0 Å². The van der Waals surface area contributed by atoms with E-state index in [0.717, 1.165) is 11.3 Å². The van der Waals surface area contributed by atoms with Crippen molar-refractivity contribution in [2.75, 3.05) is 5.32 Å². The normalized spacial score (nSPS) is 14.1. The molecule has 0 aliphatic carbocycles. The van der Waals surface area contributed by atoms with Gasteiger partial charge in [0.2, 0.25) is 5.91 Å². The fraction of sp³-hybridized carbons (Fsp3) is 0.381. The molecule has 0 fully saturated rings. The van der Waals surface area contributed by atoms with Crippen LogP contribution in [0.4, 0.5) is 5.69 Å². The van der Waals surface area contributed by atoms with Crippen molar-refractivity contribution in [3.63, 3.8) is 0 Å². The molecule has 0 spiro atoms. The average Bonchev–Trinajstić information content (AvgIpc) is 2.46. The van der Waals surface area contributed by atoms with Gasteiger partial charge in [-0.3, -0.25) is 4.79 Å². The maximum absolute atomic E-state index is 12.9. The number of nitrogens with two attached hydrogens (primary N) is 1. The number of aryl methyl sites for hydroxylation is 3. The van der Waals surface area contributed by atoms with Gasteiger partial charge in [0.05, 0.1) is 0 Å². The topological polar surface area (TPSA) is 55.1 Å². The third kappa shape index (κ3) is 3.22. The first kappa shape index (κ1) is 18.2. The second kappa shape index (κ2) is 6.40. The van der Waals surface area contributed by atoms with Gasteiger partial charge >= 0.3 is 0 Å². The Morgan fingerprint density at radius 3 is 1.96 bits per heavy atom. The van der Waals surface area contributed by atoms with E-state index in [9.17, 15) is 4.79 Å². The summed E-state index contributed by atoms with van der Waals surface area (Å²) in [4.78, 5) is 12.9. The lowest BCUT2D eigenvalue weighted by atomic mass is 9.66. The van der Waals surface area contributed by atoms with Crippen molar-refractivity contribution in [3.8, 4) is 0 Å². The molecule has 0 saturated carbocycles. The minimum absolute atomic E-state index is 0.182. The molecule has 0 radical (unpaired) electrons. The first-order valence-corrected chi connectivity index (χ1v) is 8.31. The highest BCUT2D eigenvalue weighted by atomic mass is 16.2. The van der Waals surface area contributed by atoms with Crippen molar-refractivity contribution in [1.29, 1.82) is 0 Å². The summed E-state index contributed by atoms with van der Waals surface area (Å²) >= 11 is 0. The number of hydrogen-bond acceptors (Lipinski definition) is 2. The SMILES string of the molecule is Cc1cc(C)c(C(C)(C)C(C)(N)C(=O)Nc2ccccc2)c(C)c1. The summed E-state index contributed by atoms with van der Waals surface area (Å²) in [6, 6.07) is 13.7. The predicted octanol–water partition coefficient (Wildman–Crippen LogP) is 4.25. The van der Waals surface area contributed by atoms with Crippen molar-refractivity contribution in [2.24, 2.45) is 5.73 Å². The van der Waals surface area contributed by atoms with Crippen LogP contribution in [0.5, 0.6) is 0 Å². The number of benzene rings is 2. The molecule has 24 heavy (non-hydrogen) atoms. The largest absolute Gasteiger partial charge is 0.324 e. The van der Waals surface area contributed by atoms with Gasteiger partial charge in [0.25, 0.3) is 0 Å². The summed E-state index contributed by atoms with van der Waals surface area (Å²) in [7, 11) is 0. The smallest absolute Gasteiger partial charge is 0.245 e. The highest BCUT2D eigenvalue weighted by Gasteiger charge is 2.46. The predicted molar refractivity (Wildman–Crippen MR) is 101 cm³/mol. The number of hydrogen-bond donors (Lipinski definition) is 2. The molecule has 3 heteroatoms. The van der Waals surface area contributed by atoms with Crippen molar-refractivity contribution >= 4 is 11.6 Å². The molecule has 1 unspecified atom stereocenters. The van der Waals surface area contributed by atoms with E-state index in [1.54, 1.807) is 0 Å². The van der Waals surface area contributed by atoms with Gasteiger partial charge in [0.1, 0.15) is 5.54 Å². The highest BCUT2D eigenvalue weighted by molar-refractivity contribution is 5.99. The molecule has 0 aliphatic rings. The number of anilines is 1. The first-order valence-electron chi connectivity index (χ1n) is 8.31. The van der Waals surface area contributed by atoms with E-state index in [0.29, 0.717) is 0 Å². The zero-order chi connectivity index (χ0) is 18.1. The summed E-state index contributed by atoms with van der Waals surface area (Å²) in [6.07, 6.45) is 0. The lowest BCUT2D eigenvalue weighted by molar-refractivity contribution is -0.122. The van der Waals surface area contributed by atoms with Crippen LogP contribution in [0.3, 0.4) is 0 Å². The molecular weight excluding hydrogens is 296 g/mol. The Hall–Kier alpha value is -2.13. The summed E-state index contributed by atoms with van der Waals surface area (Å²) < 4.78 is 0. The van der Waals surface area contributed by atoms with Gasteiger partial charge in [-0.1, -0.05) is 49.7 Å². The minimum Gasteiger partial charge on any atom is -0.324 e. The summed E-state index contributed by atoms with van der Waals surface area (Å²) in [5.41, 5.74) is 10.5. The monoisotopic (exact) mass is 324 g/mol. The lowest BCUT2D eigenvalue weighted by Crippen LogP contribution is -2.61. The van der Waals surface area contributed by atoms with Crippen LogP contribution in [0.1, 0.15) is 43.0 Å². The van der Waals surface area contributed by atoms with Crippen molar-refractivity contribution in [3.05, 3.63) is 64.7 Å². The maximum atomic E-state index is 12.9. The summed E-state index contributed by atoms with van der Waals surface area (Å²) in [5, 5.41) is 2.94. The van der Waals surface area contributed by atoms with Crippen LogP contribution in [-0.4, -0.2) is 11.4 Å². The highest BCUT2D eigenvalue weighted by Crippen LogP contribution is 2.38. The molecule has 2 aromatic rings. The first-order chi connectivity index (χ1) is 11.1. The zero-order valence-electron chi connectivity index (χ0n) is 15.5. The molecular formula is C21H28N2O. The standard InChI is InChI=1S/C21H28N2O/c1-14-12-15(2)18(16(3)13-14)20(4,5)21(6,22)19(24)23-17-10-8-7-9-11-17/h7-13H,22H2,1-6H3,(H,23,24). The van der Waals surface area contributed by atoms with Gasteiger partial charge in [0.15, 0.2) is 0 Å². The molecule has 3 nitrogen and oxygen atoms in total. The summed E-state index contributed by atoms with van der Waals surface area (Å²) in [6.45, 7) is 12.2. The molecule has 3 N–H and O–H groups in total. The summed E-state index contributed by atoms with van der Waals surface area (Å²) in [5.74, 6) is -0.182. The van der Waals surface area contributed by atoms with Crippen LogP contribution in [0.2, 0.25) is 0 Å². The van der Waals surface area contributed by atoms with Gasteiger partial charge in [-0.25, -0.2) is 0 Å². The molecule has 1 amide bonds. The van der Waals surface area contributed by atoms with Crippen LogP contribution in [0.15, 0.2) is 42.5 Å². The Morgan fingerprint density at radius 1 is 0.958 bits per heavy atom. The van der Waals surface area contributed by atoms with Crippen molar-refractivity contribution in [2.45, 2.75) is 52.5 Å². The average molecular weight is 324 g/mol. The second-order valence-electron chi connectivity index (χ2n) is 7.42. The molecule has 2 aromatic carbocycles.